The van der Waals surface area contributed by atoms with E-state index in [9.17, 15) is 0 Å². The van der Waals surface area contributed by atoms with Crippen LogP contribution in [0.2, 0.25) is 0 Å². The zero-order chi connectivity index (χ0) is 14.5. The number of likely N-dealkylation sites (tertiary alicyclic amines) is 1. The summed E-state index contributed by atoms with van der Waals surface area (Å²) in [6.45, 7) is 4.27. The Bertz CT molecular complexity index is 549. The number of hydrogen-bond donors (Lipinski definition) is 1. The number of hydrogen-bond acceptors (Lipinski definition) is 3. The van der Waals surface area contributed by atoms with Crippen LogP contribution in [0, 0.1) is 6.92 Å². The maximum atomic E-state index is 4.45. The van der Waals surface area contributed by atoms with E-state index in [1.54, 1.807) is 6.33 Å². The van der Waals surface area contributed by atoms with E-state index in [1.807, 2.05) is 12.3 Å². The van der Waals surface area contributed by atoms with Crippen LogP contribution in [0.25, 0.3) is 0 Å². The molecule has 1 saturated heterocycles. The lowest BCUT2D eigenvalue weighted by Gasteiger charge is -2.35. The summed E-state index contributed by atoms with van der Waals surface area (Å²) in [5, 5.41) is 0. The van der Waals surface area contributed by atoms with Crippen LogP contribution in [0.15, 0.2) is 30.7 Å². The summed E-state index contributed by atoms with van der Waals surface area (Å²) < 4.78 is 0. The average molecular weight is 284 g/mol. The van der Waals surface area contributed by atoms with Gasteiger partial charge in [0.05, 0.1) is 12.0 Å². The van der Waals surface area contributed by atoms with E-state index in [2.05, 4.69) is 38.9 Å². The minimum absolute atomic E-state index is 0.664. The molecule has 0 aromatic carbocycles. The van der Waals surface area contributed by atoms with Gasteiger partial charge >= 0.3 is 0 Å². The van der Waals surface area contributed by atoms with Crippen molar-refractivity contribution in [3.05, 3.63) is 47.8 Å². The molecule has 21 heavy (non-hydrogen) atoms. The minimum atomic E-state index is 0.664. The van der Waals surface area contributed by atoms with E-state index < -0.39 is 0 Å². The number of nitrogens with one attached hydrogen (secondary N) is 1. The van der Waals surface area contributed by atoms with Crippen molar-refractivity contribution in [2.24, 2.45) is 0 Å². The Kier molecular flexibility index (Phi) is 4.65. The van der Waals surface area contributed by atoms with Gasteiger partial charge in [-0.1, -0.05) is 12.5 Å². The molecule has 3 rings (SSSR count). The monoisotopic (exact) mass is 284 g/mol. The van der Waals surface area contributed by atoms with Gasteiger partial charge in [0.1, 0.15) is 0 Å². The number of imidazole rings is 1. The molecule has 2 aromatic heterocycles. The van der Waals surface area contributed by atoms with Crippen LogP contribution in [-0.2, 0) is 13.0 Å². The van der Waals surface area contributed by atoms with Gasteiger partial charge in [-0.2, -0.15) is 0 Å². The zero-order valence-corrected chi connectivity index (χ0v) is 12.8. The second kappa shape index (κ2) is 6.85. The average Bonchev–Trinajstić information content (AvgIpc) is 2.93. The summed E-state index contributed by atoms with van der Waals surface area (Å²) in [6, 6.07) is 6.85. The summed E-state index contributed by atoms with van der Waals surface area (Å²) in [5.41, 5.74) is 3.60. The van der Waals surface area contributed by atoms with Gasteiger partial charge in [-0.15, -0.1) is 0 Å². The molecule has 0 bridgehead atoms. The third-order valence-corrected chi connectivity index (χ3v) is 4.50. The molecule has 3 heterocycles. The van der Waals surface area contributed by atoms with Gasteiger partial charge in [-0.25, -0.2) is 4.98 Å². The van der Waals surface area contributed by atoms with Gasteiger partial charge in [0.15, 0.2) is 0 Å². The lowest BCUT2D eigenvalue weighted by Crippen LogP contribution is -2.39. The molecule has 1 aliphatic heterocycles. The maximum Gasteiger partial charge on any atom is 0.0925 e. The van der Waals surface area contributed by atoms with Gasteiger partial charge < -0.3 is 4.98 Å². The Morgan fingerprint density at radius 1 is 1.29 bits per heavy atom. The fourth-order valence-corrected chi connectivity index (χ4v) is 3.19. The van der Waals surface area contributed by atoms with E-state index in [1.165, 1.54) is 49.3 Å². The SMILES string of the molecule is Cc1[nH]cnc1CN1CCCC[C@@H]1CCc1ccccn1. The smallest absolute Gasteiger partial charge is 0.0925 e. The lowest BCUT2D eigenvalue weighted by molar-refractivity contribution is 0.130. The fourth-order valence-electron chi connectivity index (χ4n) is 3.19. The first kappa shape index (κ1) is 14.3. The molecule has 0 spiro atoms. The highest BCUT2D eigenvalue weighted by atomic mass is 15.2. The molecular weight excluding hydrogens is 260 g/mol. The molecule has 2 aromatic rings. The van der Waals surface area contributed by atoms with Crippen molar-refractivity contribution in [2.45, 2.75) is 51.6 Å². The number of piperidine rings is 1. The van der Waals surface area contributed by atoms with Gasteiger partial charge in [-0.3, -0.25) is 9.88 Å². The zero-order valence-electron chi connectivity index (χ0n) is 12.8. The Morgan fingerprint density at radius 2 is 2.24 bits per heavy atom. The fraction of sp³-hybridized carbons (Fsp3) is 0.529. The molecule has 1 N–H and O–H groups in total. The first-order valence-corrected chi connectivity index (χ1v) is 7.96. The highest BCUT2D eigenvalue weighted by Crippen LogP contribution is 2.23. The molecule has 1 fully saturated rings. The normalized spacial score (nSPS) is 19.8. The number of rotatable bonds is 5. The lowest BCUT2D eigenvalue weighted by atomic mass is 9.96. The highest BCUT2D eigenvalue weighted by Gasteiger charge is 2.23. The molecule has 0 aliphatic carbocycles. The summed E-state index contributed by atoms with van der Waals surface area (Å²) in [6.07, 6.45) is 9.92. The number of aromatic amines is 1. The number of nitrogens with zero attached hydrogens (tertiary/aromatic N) is 3. The molecule has 0 saturated carbocycles. The standard InChI is InChI=1S/C17H24N4/c1-14-17(20-13-19-14)12-21-11-5-3-7-16(21)9-8-15-6-2-4-10-18-15/h2,4,6,10,13,16H,3,5,7-9,11-12H2,1H3,(H,19,20)/t16-/m1/s1. The van der Waals surface area contributed by atoms with Gasteiger partial charge in [-0.05, 0) is 51.3 Å². The predicted molar refractivity (Wildman–Crippen MR) is 83.9 cm³/mol. The third-order valence-electron chi connectivity index (χ3n) is 4.50. The van der Waals surface area contributed by atoms with E-state index >= 15 is 0 Å². The van der Waals surface area contributed by atoms with Crippen molar-refractivity contribution in [1.29, 1.82) is 0 Å². The number of aromatic nitrogens is 3. The van der Waals surface area contributed by atoms with Crippen LogP contribution in [0.5, 0.6) is 0 Å². The first-order chi connectivity index (χ1) is 10.3. The van der Waals surface area contributed by atoms with E-state index in [4.69, 9.17) is 0 Å². The highest BCUT2D eigenvalue weighted by molar-refractivity contribution is 5.09. The molecule has 1 aliphatic rings. The van der Waals surface area contributed by atoms with Crippen LogP contribution >= 0.6 is 0 Å². The van der Waals surface area contributed by atoms with E-state index in [0.717, 1.165) is 13.0 Å². The van der Waals surface area contributed by atoms with Gasteiger partial charge in [0.25, 0.3) is 0 Å². The van der Waals surface area contributed by atoms with Crippen LogP contribution < -0.4 is 0 Å². The van der Waals surface area contributed by atoms with Crippen LogP contribution in [0.1, 0.15) is 42.8 Å². The molecule has 0 unspecified atom stereocenters. The molecule has 1 atom stereocenters. The molecule has 4 nitrogen and oxygen atoms in total. The Labute approximate surface area is 126 Å². The molecule has 112 valence electrons. The third kappa shape index (κ3) is 3.70. The van der Waals surface area contributed by atoms with Crippen LogP contribution in [0.4, 0.5) is 0 Å². The maximum absolute atomic E-state index is 4.45. The summed E-state index contributed by atoms with van der Waals surface area (Å²) in [4.78, 5) is 14.7. The molecule has 4 heteroatoms. The van der Waals surface area contributed by atoms with Gasteiger partial charge in [0.2, 0.25) is 0 Å². The van der Waals surface area contributed by atoms with Crippen molar-refractivity contribution < 1.29 is 0 Å². The number of aryl methyl sites for hydroxylation is 2. The topological polar surface area (TPSA) is 44.8 Å². The van der Waals surface area contributed by atoms with Gasteiger partial charge in [0, 0.05) is 30.2 Å². The van der Waals surface area contributed by atoms with Crippen molar-refractivity contribution in [3.63, 3.8) is 0 Å². The minimum Gasteiger partial charge on any atom is -0.348 e. The predicted octanol–water partition coefficient (Wildman–Crippen LogP) is 3.10. The first-order valence-electron chi connectivity index (χ1n) is 7.96. The number of pyridine rings is 1. The Hall–Kier alpha value is -1.68. The van der Waals surface area contributed by atoms with Crippen molar-refractivity contribution in [3.8, 4) is 0 Å². The van der Waals surface area contributed by atoms with Crippen LogP contribution in [-0.4, -0.2) is 32.4 Å². The molecular formula is C17H24N4. The summed E-state index contributed by atoms with van der Waals surface area (Å²) in [7, 11) is 0. The molecule has 0 amide bonds. The van der Waals surface area contributed by atoms with Crippen molar-refractivity contribution >= 4 is 0 Å². The van der Waals surface area contributed by atoms with Crippen molar-refractivity contribution in [1.82, 2.24) is 19.9 Å². The second-order valence-electron chi connectivity index (χ2n) is 5.95. The Morgan fingerprint density at radius 3 is 3.00 bits per heavy atom. The van der Waals surface area contributed by atoms with Crippen molar-refractivity contribution in [2.75, 3.05) is 6.54 Å². The largest absolute Gasteiger partial charge is 0.348 e. The summed E-state index contributed by atoms with van der Waals surface area (Å²) >= 11 is 0. The van der Waals surface area contributed by atoms with Crippen LogP contribution in [0.3, 0.4) is 0 Å². The number of H-pyrrole nitrogens is 1. The Balaban J connectivity index is 1.60. The van der Waals surface area contributed by atoms with E-state index in [-0.39, 0.29) is 0 Å². The summed E-state index contributed by atoms with van der Waals surface area (Å²) in [5.74, 6) is 0. The molecule has 0 radical (unpaired) electrons. The van der Waals surface area contributed by atoms with E-state index in [0.29, 0.717) is 6.04 Å². The quantitative estimate of drug-likeness (QED) is 0.917. The second-order valence-corrected chi connectivity index (χ2v) is 5.95.